The molecular weight excluding hydrogens is 445 g/mol. The minimum absolute atomic E-state index is 0.00716. The fraction of sp³-hybridized carbons (Fsp3) is 0.167. The van der Waals surface area contributed by atoms with E-state index in [9.17, 15) is 14.3 Å². The number of pyridine rings is 2. The Balaban J connectivity index is 1.67. The Labute approximate surface area is 194 Å². The summed E-state index contributed by atoms with van der Waals surface area (Å²) in [4.78, 5) is 25.3. The van der Waals surface area contributed by atoms with Gasteiger partial charge in [-0.3, -0.25) is 9.78 Å². The second-order valence-corrected chi connectivity index (χ2v) is 7.88. The first-order valence-corrected chi connectivity index (χ1v) is 10.6. The molecular formula is C24H21ClFN5O2. The van der Waals surface area contributed by atoms with Crippen LogP contribution in [0.4, 0.5) is 16.0 Å². The minimum Gasteiger partial charge on any atom is -0.396 e. The Kier molecular flexibility index (Phi) is 6.76. The Hall–Kier alpha value is -3.62. The molecule has 9 heteroatoms. The van der Waals surface area contributed by atoms with E-state index in [1.54, 1.807) is 36.7 Å². The maximum absolute atomic E-state index is 14.6. The molecule has 3 heterocycles. The number of aromatic nitrogens is 4. The summed E-state index contributed by atoms with van der Waals surface area (Å²) in [6, 6.07) is 13.2. The van der Waals surface area contributed by atoms with E-state index >= 15 is 0 Å². The molecule has 0 spiro atoms. The van der Waals surface area contributed by atoms with Crippen molar-refractivity contribution in [2.75, 3.05) is 11.9 Å². The monoisotopic (exact) mass is 465 g/mol. The third-order valence-corrected chi connectivity index (χ3v) is 5.36. The van der Waals surface area contributed by atoms with Gasteiger partial charge in [0.25, 0.3) is 5.56 Å². The molecule has 2 N–H and O–H groups in total. The van der Waals surface area contributed by atoms with Gasteiger partial charge in [0.2, 0.25) is 5.95 Å². The van der Waals surface area contributed by atoms with Crippen molar-refractivity contribution in [3.8, 4) is 11.3 Å². The number of benzene rings is 1. The van der Waals surface area contributed by atoms with Crippen LogP contribution in [-0.2, 0) is 0 Å². The van der Waals surface area contributed by atoms with Gasteiger partial charge in [-0.2, -0.15) is 0 Å². The Morgan fingerprint density at radius 3 is 2.64 bits per heavy atom. The van der Waals surface area contributed by atoms with E-state index in [0.29, 0.717) is 22.7 Å². The second kappa shape index (κ2) is 9.89. The fourth-order valence-electron chi connectivity index (χ4n) is 3.55. The van der Waals surface area contributed by atoms with Crippen molar-refractivity contribution >= 4 is 23.2 Å². The Bertz CT molecular complexity index is 1330. The molecule has 168 valence electrons. The fourth-order valence-corrected chi connectivity index (χ4v) is 3.68. The maximum Gasteiger partial charge on any atom is 0.251 e. The predicted molar refractivity (Wildman–Crippen MR) is 125 cm³/mol. The van der Waals surface area contributed by atoms with Gasteiger partial charge in [-0.1, -0.05) is 23.7 Å². The van der Waals surface area contributed by atoms with E-state index in [1.165, 1.54) is 10.6 Å². The van der Waals surface area contributed by atoms with E-state index in [4.69, 9.17) is 11.6 Å². The van der Waals surface area contributed by atoms with Crippen molar-refractivity contribution in [1.29, 1.82) is 0 Å². The topological polar surface area (TPSA) is 92.9 Å². The molecule has 4 rings (SSSR count). The smallest absolute Gasteiger partial charge is 0.251 e. The summed E-state index contributed by atoms with van der Waals surface area (Å²) >= 11 is 5.97. The van der Waals surface area contributed by atoms with Gasteiger partial charge in [-0.25, -0.2) is 14.4 Å². The zero-order valence-corrected chi connectivity index (χ0v) is 18.5. The Morgan fingerprint density at radius 2 is 1.94 bits per heavy atom. The van der Waals surface area contributed by atoms with E-state index < -0.39 is 11.9 Å². The molecule has 0 saturated heterocycles. The quantitative estimate of drug-likeness (QED) is 0.417. The van der Waals surface area contributed by atoms with Crippen LogP contribution in [0.5, 0.6) is 0 Å². The molecule has 7 nitrogen and oxygen atoms in total. The number of hydrogen-bond acceptors (Lipinski definition) is 6. The van der Waals surface area contributed by atoms with Crippen LogP contribution in [0, 0.1) is 12.7 Å². The van der Waals surface area contributed by atoms with Crippen LogP contribution in [0.2, 0.25) is 5.02 Å². The maximum atomic E-state index is 14.6. The first-order valence-electron chi connectivity index (χ1n) is 10.3. The summed E-state index contributed by atoms with van der Waals surface area (Å²) in [5.41, 5.74) is 2.33. The summed E-state index contributed by atoms with van der Waals surface area (Å²) < 4.78 is 16.1. The van der Waals surface area contributed by atoms with E-state index in [2.05, 4.69) is 20.3 Å². The number of aliphatic hydroxyl groups is 1. The van der Waals surface area contributed by atoms with Crippen molar-refractivity contribution in [2.45, 2.75) is 19.4 Å². The molecule has 33 heavy (non-hydrogen) atoms. The lowest BCUT2D eigenvalue weighted by atomic mass is 10.0. The number of nitrogens with zero attached hydrogens (tertiary/aromatic N) is 4. The standard InChI is InChI=1S/C24H21ClFN5O2/c1-15-12-19(6-9-27-15)29-24-28-14-20(26)23(30-24)17-7-10-31(22(33)13-17)21(8-11-32)16-2-4-18(25)5-3-16/h2-7,9-10,12-14,21,32H,8,11H2,1H3,(H,27,28,29,30)/t21-/m1/s1. The molecule has 0 amide bonds. The number of aryl methyl sites for hydroxylation is 1. The largest absolute Gasteiger partial charge is 0.396 e. The van der Waals surface area contributed by atoms with Crippen LogP contribution in [0.25, 0.3) is 11.3 Å². The van der Waals surface area contributed by atoms with E-state index in [-0.39, 0.29) is 23.8 Å². The van der Waals surface area contributed by atoms with Crippen molar-refractivity contribution in [3.63, 3.8) is 0 Å². The molecule has 0 fully saturated rings. The summed E-state index contributed by atoms with van der Waals surface area (Å²) in [6.07, 6.45) is 4.62. The SMILES string of the molecule is Cc1cc(Nc2ncc(F)c(-c3ccn([C@H](CCO)c4ccc(Cl)cc4)c(=O)c3)n2)ccn1. The van der Waals surface area contributed by atoms with Gasteiger partial charge >= 0.3 is 0 Å². The molecule has 0 aliphatic rings. The highest BCUT2D eigenvalue weighted by Gasteiger charge is 2.17. The van der Waals surface area contributed by atoms with Gasteiger partial charge in [0.15, 0.2) is 5.82 Å². The highest BCUT2D eigenvalue weighted by Crippen LogP contribution is 2.25. The van der Waals surface area contributed by atoms with Crippen LogP contribution in [0.15, 0.2) is 71.9 Å². The highest BCUT2D eigenvalue weighted by molar-refractivity contribution is 6.30. The van der Waals surface area contributed by atoms with Crippen LogP contribution in [0.1, 0.15) is 23.7 Å². The van der Waals surface area contributed by atoms with Gasteiger partial charge in [0.1, 0.15) is 5.69 Å². The van der Waals surface area contributed by atoms with E-state index in [1.807, 2.05) is 25.1 Å². The third-order valence-electron chi connectivity index (χ3n) is 5.11. The molecule has 0 unspecified atom stereocenters. The number of halogens is 2. The number of aliphatic hydroxyl groups excluding tert-OH is 1. The first-order chi connectivity index (χ1) is 15.9. The summed E-state index contributed by atoms with van der Waals surface area (Å²) in [6.45, 7) is 1.75. The van der Waals surface area contributed by atoms with Crippen molar-refractivity contribution in [1.82, 2.24) is 19.5 Å². The zero-order chi connectivity index (χ0) is 23.4. The van der Waals surface area contributed by atoms with Crippen LogP contribution < -0.4 is 10.9 Å². The van der Waals surface area contributed by atoms with Crippen LogP contribution in [-0.4, -0.2) is 31.2 Å². The summed E-state index contributed by atoms with van der Waals surface area (Å²) in [5, 5.41) is 13.1. The normalized spacial score (nSPS) is 11.9. The molecule has 0 aliphatic carbocycles. The summed E-state index contributed by atoms with van der Waals surface area (Å²) in [5.74, 6) is -0.450. The molecule has 0 radical (unpaired) electrons. The Morgan fingerprint density at radius 1 is 1.15 bits per heavy atom. The van der Waals surface area contributed by atoms with Gasteiger partial charge in [-0.05, 0) is 49.2 Å². The zero-order valence-electron chi connectivity index (χ0n) is 17.7. The highest BCUT2D eigenvalue weighted by atomic mass is 35.5. The van der Waals surface area contributed by atoms with Gasteiger partial charge in [0, 0.05) is 47.0 Å². The average molecular weight is 466 g/mol. The molecule has 0 saturated carbocycles. The van der Waals surface area contributed by atoms with Gasteiger partial charge in [-0.15, -0.1) is 0 Å². The van der Waals surface area contributed by atoms with Crippen LogP contribution >= 0.6 is 11.6 Å². The lowest BCUT2D eigenvalue weighted by Crippen LogP contribution is -2.25. The predicted octanol–water partition coefficient (Wildman–Crippen LogP) is 4.52. The molecule has 4 aromatic rings. The lowest BCUT2D eigenvalue weighted by molar-refractivity contribution is 0.267. The summed E-state index contributed by atoms with van der Waals surface area (Å²) in [7, 11) is 0. The first kappa shape index (κ1) is 22.6. The second-order valence-electron chi connectivity index (χ2n) is 7.44. The lowest BCUT2D eigenvalue weighted by Gasteiger charge is -2.20. The molecule has 3 aromatic heterocycles. The molecule has 1 aromatic carbocycles. The number of anilines is 2. The van der Waals surface area contributed by atoms with E-state index in [0.717, 1.165) is 17.5 Å². The average Bonchev–Trinajstić information content (AvgIpc) is 2.80. The number of nitrogens with one attached hydrogen (secondary N) is 1. The van der Waals surface area contributed by atoms with Crippen LogP contribution in [0.3, 0.4) is 0 Å². The number of hydrogen-bond donors (Lipinski definition) is 2. The van der Waals surface area contributed by atoms with Crippen molar-refractivity contribution < 1.29 is 9.50 Å². The third kappa shape index (κ3) is 5.24. The molecule has 1 atom stereocenters. The van der Waals surface area contributed by atoms with Gasteiger partial charge in [0.05, 0.1) is 12.2 Å². The molecule has 0 bridgehead atoms. The van der Waals surface area contributed by atoms with Crippen molar-refractivity contribution in [3.05, 3.63) is 99.6 Å². The molecule has 0 aliphatic heterocycles. The van der Waals surface area contributed by atoms with Crippen molar-refractivity contribution in [2.24, 2.45) is 0 Å². The number of rotatable bonds is 7. The minimum atomic E-state index is -0.645. The van der Waals surface area contributed by atoms with Gasteiger partial charge < -0.3 is 15.0 Å².